The molecule has 0 amide bonds. The van der Waals surface area contributed by atoms with Crippen LogP contribution in [0.2, 0.25) is 0 Å². The fourth-order valence-corrected chi connectivity index (χ4v) is 3.90. The molecule has 2 heterocycles. The zero-order chi connectivity index (χ0) is 18.4. The van der Waals surface area contributed by atoms with Gasteiger partial charge in [-0.05, 0) is 48.6 Å². The summed E-state index contributed by atoms with van der Waals surface area (Å²) in [6.07, 6.45) is 3.04. The molecular formula is C16H18N4O4S2. The summed E-state index contributed by atoms with van der Waals surface area (Å²) < 4.78 is 36.8. The van der Waals surface area contributed by atoms with Gasteiger partial charge in [0.15, 0.2) is 5.11 Å². The van der Waals surface area contributed by atoms with Gasteiger partial charge in [0.2, 0.25) is 10.0 Å². The van der Waals surface area contributed by atoms with E-state index in [1.165, 1.54) is 10.5 Å². The Bertz CT molecular complexity index is 858. The van der Waals surface area contributed by atoms with E-state index in [9.17, 15) is 8.42 Å². The molecular weight excluding hydrogens is 376 g/mol. The third kappa shape index (κ3) is 4.67. The van der Waals surface area contributed by atoms with E-state index in [1.54, 1.807) is 42.7 Å². The number of benzene rings is 1. The second-order valence-corrected chi connectivity index (χ2v) is 7.73. The first kappa shape index (κ1) is 18.5. The molecule has 1 fully saturated rings. The molecule has 26 heavy (non-hydrogen) atoms. The Balaban J connectivity index is 1.57. The van der Waals surface area contributed by atoms with Crippen molar-refractivity contribution in [1.29, 1.82) is 0 Å². The highest BCUT2D eigenvalue weighted by molar-refractivity contribution is 7.89. The summed E-state index contributed by atoms with van der Waals surface area (Å²) in [6.45, 7) is 1.56. The standard InChI is InChI=1S/C16H18N4O4S2/c21-26(22,20-7-10-23-11-8-20)15-5-3-13(4-6-15)18-16(25)19-17-12-14-2-1-9-24-14/h1-6,9,12H,7-8,10-11H2,(H2,18,19,25)/b17-12-. The van der Waals surface area contributed by atoms with Crippen molar-refractivity contribution in [3.05, 3.63) is 48.4 Å². The number of thiocarbonyl (C=S) groups is 1. The molecule has 0 saturated carbocycles. The van der Waals surface area contributed by atoms with E-state index in [-0.39, 0.29) is 10.0 Å². The summed E-state index contributed by atoms with van der Waals surface area (Å²) in [5, 5.41) is 7.14. The first-order valence-corrected chi connectivity index (χ1v) is 9.72. The van der Waals surface area contributed by atoms with Gasteiger partial charge in [-0.1, -0.05) is 0 Å². The van der Waals surface area contributed by atoms with Crippen LogP contribution in [0, 0.1) is 0 Å². The van der Waals surface area contributed by atoms with Crippen LogP contribution in [0.4, 0.5) is 5.69 Å². The second kappa shape index (κ2) is 8.41. The maximum atomic E-state index is 12.6. The maximum Gasteiger partial charge on any atom is 0.243 e. The molecule has 1 aromatic heterocycles. The number of morpholine rings is 1. The summed E-state index contributed by atoms with van der Waals surface area (Å²) in [5.74, 6) is 0.595. The molecule has 1 aliphatic heterocycles. The van der Waals surface area contributed by atoms with Crippen LogP contribution in [0.3, 0.4) is 0 Å². The summed E-state index contributed by atoms with van der Waals surface area (Å²) in [5.41, 5.74) is 3.31. The van der Waals surface area contributed by atoms with E-state index in [0.717, 1.165) is 0 Å². The number of nitrogens with zero attached hydrogens (tertiary/aromatic N) is 2. The Hall–Kier alpha value is -2.27. The molecule has 1 aromatic carbocycles. The Morgan fingerprint density at radius 1 is 1.19 bits per heavy atom. The van der Waals surface area contributed by atoms with Crippen molar-refractivity contribution in [3.8, 4) is 0 Å². The lowest BCUT2D eigenvalue weighted by Gasteiger charge is -2.26. The lowest BCUT2D eigenvalue weighted by atomic mass is 10.3. The third-order valence-electron chi connectivity index (χ3n) is 3.62. The fourth-order valence-electron chi connectivity index (χ4n) is 2.32. The minimum atomic E-state index is -3.50. The Morgan fingerprint density at radius 3 is 2.58 bits per heavy atom. The van der Waals surface area contributed by atoms with E-state index in [0.29, 0.717) is 37.8 Å². The number of hydrogen-bond acceptors (Lipinski definition) is 6. The van der Waals surface area contributed by atoms with Gasteiger partial charge < -0.3 is 14.5 Å². The maximum absolute atomic E-state index is 12.6. The average Bonchev–Trinajstić information content (AvgIpc) is 3.16. The zero-order valence-corrected chi connectivity index (χ0v) is 15.4. The number of rotatable bonds is 5. The van der Waals surface area contributed by atoms with Gasteiger partial charge in [0.1, 0.15) is 5.76 Å². The summed E-state index contributed by atoms with van der Waals surface area (Å²) in [6, 6.07) is 9.90. The summed E-state index contributed by atoms with van der Waals surface area (Å²) in [7, 11) is -3.50. The quantitative estimate of drug-likeness (QED) is 0.452. The first-order valence-electron chi connectivity index (χ1n) is 7.87. The van der Waals surface area contributed by atoms with Crippen LogP contribution in [-0.2, 0) is 14.8 Å². The van der Waals surface area contributed by atoms with Crippen LogP contribution in [-0.4, -0.2) is 50.4 Å². The number of sulfonamides is 1. The van der Waals surface area contributed by atoms with E-state index in [1.807, 2.05) is 0 Å². The number of nitrogens with one attached hydrogen (secondary N) is 2. The molecule has 0 atom stereocenters. The monoisotopic (exact) mass is 394 g/mol. The average molecular weight is 394 g/mol. The minimum absolute atomic E-state index is 0.236. The summed E-state index contributed by atoms with van der Waals surface area (Å²) in [4.78, 5) is 0.236. The molecule has 2 N–H and O–H groups in total. The molecule has 0 spiro atoms. The third-order valence-corrected chi connectivity index (χ3v) is 5.73. The second-order valence-electron chi connectivity index (χ2n) is 5.38. The number of hydrogen-bond donors (Lipinski definition) is 2. The molecule has 0 aliphatic carbocycles. The molecule has 138 valence electrons. The first-order chi connectivity index (χ1) is 12.6. The molecule has 10 heteroatoms. The highest BCUT2D eigenvalue weighted by Gasteiger charge is 2.26. The molecule has 2 aromatic rings. The SMILES string of the molecule is O=S(=O)(c1ccc(NC(=S)N/N=C\c2ccco2)cc1)N1CCOCC1. The largest absolute Gasteiger partial charge is 0.463 e. The van der Waals surface area contributed by atoms with Crippen LogP contribution >= 0.6 is 12.2 Å². The molecule has 3 rings (SSSR count). The predicted molar refractivity (Wildman–Crippen MR) is 102 cm³/mol. The van der Waals surface area contributed by atoms with Gasteiger partial charge in [0.05, 0.1) is 30.6 Å². The van der Waals surface area contributed by atoms with E-state index in [2.05, 4.69) is 15.8 Å². The molecule has 1 aliphatic rings. The molecule has 0 bridgehead atoms. The fraction of sp³-hybridized carbons (Fsp3) is 0.250. The number of anilines is 1. The van der Waals surface area contributed by atoms with E-state index >= 15 is 0 Å². The number of ether oxygens (including phenoxy) is 1. The van der Waals surface area contributed by atoms with Crippen molar-refractivity contribution in [2.75, 3.05) is 31.6 Å². The smallest absolute Gasteiger partial charge is 0.243 e. The van der Waals surface area contributed by atoms with Crippen molar-refractivity contribution in [3.63, 3.8) is 0 Å². The van der Waals surface area contributed by atoms with E-state index in [4.69, 9.17) is 21.4 Å². The molecule has 0 radical (unpaired) electrons. The Morgan fingerprint density at radius 2 is 1.92 bits per heavy atom. The van der Waals surface area contributed by atoms with Gasteiger partial charge in [-0.2, -0.15) is 9.41 Å². The van der Waals surface area contributed by atoms with Gasteiger partial charge in [0.25, 0.3) is 0 Å². The van der Waals surface area contributed by atoms with Gasteiger partial charge in [-0.3, -0.25) is 5.43 Å². The Kier molecular flexibility index (Phi) is 5.99. The molecule has 1 saturated heterocycles. The number of furan rings is 1. The zero-order valence-electron chi connectivity index (χ0n) is 13.8. The topological polar surface area (TPSA) is 96.2 Å². The van der Waals surface area contributed by atoms with Crippen LogP contribution in [0.25, 0.3) is 0 Å². The van der Waals surface area contributed by atoms with Crippen molar-refractivity contribution in [2.45, 2.75) is 4.90 Å². The minimum Gasteiger partial charge on any atom is -0.463 e. The summed E-state index contributed by atoms with van der Waals surface area (Å²) >= 11 is 5.13. The van der Waals surface area contributed by atoms with Crippen LogP contribution in [0.5, 0.6) is 0 Å². The lowest BCUT2D eigenvalue weighted by Crippen LogP contribution is -2.40. The van der Waals surface area contributed by atoms with Gasteiger partial charge in [-0.25, -0.2) is 8.42 Å². The number of hydrazone groups is 1. The molecule has 8 nitrogen and oxygen atoms in total. The lowest BCUT2D eigenvalue weighted by molar-refractivity contribution is 0.0730. The van der Waals surface area contributed by atoms with Crippen LogP contribution in [0.1, 0.15) is 5.76 Å². The van der Waals surface area contributed by atoms with Crippen molar-refractivity contribution >= 4 is 39.3 Å². The van der Waals surface area contributed by atoms with Crippen molar-refractivity contribution in [1.82, 2.24) is 9.73 Å². The Labute approximate surface area is 156 Å². The van der Waals surface area contributed by atoms with E-state index < -0.39 is 10.0 Å². The van der Waals surface area contributed by atoms with Gasteiger partial charge in [0, 0.05) is 18.8 Å². The van der Waals surface area contributed by atoms with Crippen LogP contribution in [0.15, 0.2) is 57.1 Å². The molecule has 0 unspecified atom stereocenters. The van der Waals surface area contributed by atoms with Crippen molar-refractivity contribution in [2.24, 2.45) is 5.10 Å². The van der Waals surface area contributed by atoms with Gasteiger partial charge >= 0.3 is 0 Å². The highest BCUT2D eigenvalue weighted by atomic mass is 32.2. The highest BCUT2D eigenvalue weighted by Crippen LogP contribution is 2.19. The predicted octanol–water partition coefficient (Wildman–Crippen LogP) is 1.62. The van der Waals surface area contributed by atoms with Gasteiger partial charge in [-0.15, -0.1) is 0 Å². The van der Waals surface area contributed by atoms with Crippen molar-refractivity contribution < 1.29 is 17.6 Å². The normalized spacial score (nSPS) is 15.8. The van der Waals surface area contributed by atoms with Crippen LogP contribution < -0.4 is 10.7 Å².